The molecule has 8 heteroatoms. The van der Waals surface area contributed by atoms with E-state index in [1.54, 1.807) is 48.5 Å². The van der Waals surface area contributed by atoms with Crippen molar-refractivity contribution in [2.24, 2.45) is 0 Å². The lowest BCUT2D eigenvalue weighted by Gasteiger charge is -2.05. The molecule has 0 bridgehead atoms. The van der Waals surface area contributed by atoms with Gasteiger partial charge in [-0.2, -0.15) is 0 Å². The van der Waals surface area contributed by atoms with Crippen LogP contribution in [0.3, 0.4) is 0 Å². The molecule has 34 heavy (non-hydrogen) atoms. The molecule has 172 valence electrons. The van der Waals surface area contributed by atoms with E-state index < -0.39 is 23.9 Å². The third-order valence-corrected chi connectivity index (χ3v) is 4.73. The van der Waals surface area contributed by atoms with Crippen LogP contribution in [0.15, 0.2) is 86.0 Å². The fraction of sp³-hybridized carbons (Fsp3) is 0. The van der Waals surface area contributed by atoms with Crippen molar-refractivity contribution in [3.8, 4) is 0 Å². The van der Waals surface area contributed by atoms with Crippen LogP contribution in [0.2, 0.25) is 0 Å². The van der Waals surface area contributed by atoms with Crippen LogP contribution in [-0.2, 0) is 0 Å². The Bertz CT molecular complexity index is 1200. The molecule has 0 radical (unpaired) electrons. The van der Waals surface area contributed by atoms with Crippen LogP contribution in [-0.4, -0.2) is 44.3 Å². The summed E-state index contributed by atoms with van der Waals surface area (Å²) in [6.07, 6.45) is 0. The van der Waals surface area contributed by atoms with Gasteiger partial charge in [0, 0.05) is 10.8 Å². The van der Waals surface area contributed by atoms with Gasteiger partial charge in [-0.25, -0.2) is 19.2 Å². The number of rotatable bonds is 4. The second-order valence-corrected chi connectivity index (χ2v) is 6.64. The first-order valence-electron chi connectivity index (χ1n) is 9.69. The summed E-state index contributed by atoms with van der Waals surface area (Å²) in [5.41, 5.74) is 0.0389. The fourth-order valence-corrected chi connectivity index (χ4v) is 3.39. The van der Waals surface area contributed by atoms with Crippen LogP contribution in [0.5, 0.6) is 0 Å². The van der Waals surface area contributed by atoms with Gasteiger partial charge in [-0.3, -0.25) is 0 Å². The van der Waals surface area contributed by atoms with Crippen molar-refractivity contribution < 1.29 is 39.6 Å². The Morgan fingerprint density at radius 1 is 0.441 bits per heavy atom. The SMILES string of the molecule is C=C.O=C(O)c1cccc2cccc(C(=O)O)c12.O=C(O)c1cccc2cccc(C(=O)O)c12. The van der Waals surface area contributed by atoms with E-state index in [4.69, 9.17) is 20.4 Å². The first-order valence-corrected chi connectivity index (χ1v) is 9.69. The Morgan fingerprint density at radius 3 is 0.824 bits per heavy atom. The van der Waals surface area contributed by atoms with Gasteiger partial charge in [0.1, 0.15) is 0 Å². The Labute approximate surface area is 193 Å². The van der Waals surface area contributed by atoms with Gasteiger partial charge in [0.15, 0.2) is 0 Å². The predicted octanol–water partition coefficient (Wildman–Crippen LogP) is 5.27. The maximum atomic E-state index is 11.0. The molecule has 8 nitrogen and oxygen atoms in total. The lowest BCUT2D eigenvalue weighted by molar-refractivity contribution is 0.0681. The van der Waals surface area contributed by atoms with E-state index in [1.165, 1.54) is 24.3 Å². The number of hydrogen-bond acceptors (Lipinski definition) is 4. The van der Waals surface area contributed by atoms with Gasteiger partial charge in [-0.05, 0) is 35.0 Å². The Kier molecular flexibility index (Phi) is 8.22. The molecule has 0 amide bonds. The number of hydrogen-bond donors (Lipinski definition) is 4. The van der Waals surface area contributed by atoms with E-state index in [0.717, 1.165) is 0 Å². The topological polar surface area (TPSA) is 149 Å². The van der Waals surface area contributed by atoms with Crippen LogP contribution in [0.1, 0.15) is 41.4 Å². The van der Waals surface area contributed by atoms with Gasteiger partial charge in [-0.1, -0.05) is 48.5 Å². The highest BCUT2D eigenvalue weighted by atomic mass is 16.4. The van der Waals surface area contributed by atoms with Gasteiger partial charge in [0.25, 0.3) is 0 Å². The van der Waals surface area contributed by atoms with E-state index in [9.17, 15) is 19.2 Å². The lowest BCUT2D eigenvalue weighted by Crippen LogP contribution is -2.03. The first-order chi connectivity index (χ1) is 16.2. The Balaban J connectivity index is 0.000000224. The number of carboxylic acid groups (broad SMARTS) is 4. The summed E-state index contributed by atoms with van der Waals surface area (Å²) >= 11 is 0. The monoisotopic (exact) mass is 460 g/mol. The molecule has 0 aliphatic rings. The maximum absolute atomic E-state index is 11.0. The molecular formula is C26H20O8. The Morgan fingerprint density at radius 2 is 0.647 bits per heavy atom. The summed E-state index contributed by atoms with van der Waals surface area (Å²) in [4.78, 5) is 44.0. The van der Waals surface area contributed by atoms with Gasteiger partial charge >= 0.3 is 23.9 Å². The molecule has 0 saturated heterocycles. The van der Waals surface area contributed by atoms with E-state index in [1.807, 2.05) is 0 Å². The lowest BCUT2D eigenvalue weighted by atomic mass is 9.99. The molecule has 4 aromatic rings. The second kappa shape index (κ2) is 11.1. The molecule has 0 spiro atoms. The predicted molar refractivity (Wildman–Crippen MR) is 127 cm³/mol. The molecule has 0 heterocycles. The highest BCUT2D eigenvalue weighted by Gasteiger charge is 2.16. The third-order valence-electron chi connectivity index (χ3n) is 4.73. The van der Waals surface area contributed by atoms with Crippen molar-refractivity contribution in [3.63, 3.8) is 0 Å². The molecule has 4 aromatic carbocycles. The Hall–Kier alpha value is -4.98. The molecule has 0 aliphatic heterocycles. The van der Waals surface area contributed by atoms with Crippen molar-refractivity contribution in [3.05, 3.63) is 108 Å². The molecule has 0 atom stereocenters. The van der Waals surface area contributed by atoms with Gasteiger partial charge in [-0.15, -0.1) is 13.2 Å². The van der Waals surface area contributed by atoms with Crippen LogP contribution >= 0.6 is 0 Å². The van der Waals surface area contributed by atoms with Crippen molar-refractivity contribution in [1.82, 2.24) is 0 Å². The average molecular weight is 460 g/mol. The average Bonchev–Trinajstić information content (AvgIpc) is 2.83. The van der Waals surface area contributed by atoms with E-state index in [2.05, 4.69) is 13.2 Å². The van der Waals surface area contributed by atoms with E-state index in [0.29, 0.717) is 10.8 Å². The summed E-state index contributed by atoms with van der Waals surface area (Å²) in [7, 11) is 0. The van der Waals surface area contributed by atoms with E-state index in [-0.39, 0.29) is 33.0 Å². The normalized spacial score (nSPS) is 9.76. The second-order valence-electron chi connectivity index (χ2n) is 6.64. The van der Waals surface area contributed by atoms with Crippen LogP contribution < -0.4 is 0 Å². The zero-order valence-electron chi connectivity index (χ0n) is 17.8. The van der Waals surface area contributed by atoms with Crippen molar-refractivity contribution >= 4 is 45.4 Å². The first kappa shape index (κ1) is 25.3. The van der Waals surface area contributed by atoms with Gasteiger partial charge in [0.05, 0.1) is 22.3 Å². The molecule has 0 aromatic heterocycles. The minimum Gasteiger partial charge on any atom is -0.478 e. The molecule has 0 aliphatic carbocycles. The quantitative estimate of drug-likeness (QED) is 0.301. The molecule has 0 unspecified atom stereocenters. The minimum atomic E-state index is -1.13. The van der Waals surface area contributed by atoms with Crippen LogP contribution in [0.25, 0.3) is 21.5 Å². The molecule has 0 fully saturated rings. The highest BCUT2D eigenvalue weighted by molar-refractivity contribution is 6.13. The van der Waals surface area contributed by atoms with E-state index >= 15 is 0 Å². The number of benzene rings is 4. The number of fused-ring (bicyclic) bond motifs is 2. The van der Waals surface area contributed by atoms with Crippen molar-refractivity contribution in [1.29, 1.82) is 0 Å². The standard InChI is InChI=1S/2C12H8O4.C2H4/c2*13-11(14)8-5-1-3-7-4-2-6-9(10(7)8)12(15)16;1-2/h2*1-6H,(H,13,14)(H,15,16);1-2H2. The smallest absolute Gasteiger partial charge is 0.336 e. The van der Waals surface area contributed by atoms with Gasteiger partial charge < -0.3 is 20.4 Å². The maximum Gasteiger partial charge on any atom is 0.336 e. The molecule has 0 saturated carbocycles. The molecular weight excluding hydrogens is 440 g/mol. The summed E-state index contributed by atoms with van der Waals surface area (Å²) in [6.45, 7) is 6.00. The number of carbonyl (C=O) groups is 4. The molecule has 4 N–H and O–H groups in total. The summed E-state index contributed by atoms with van der Waals surface area (Å²) in [5.74, 6) is -4.50. The zero-order chi connectivity index (χ0) is 25.4. The van der Waals surface area contributed by atoms with Crippen molar-refractivity contribution in [2.75, 3.05) is 0 Å². The number of carboxylic acids is 4. The summed E-state index contributed by atoms with van der Waals surface area (Å²) in [6, 6.07) is 18.7. The van der Waals surface area contributed by atoms with Crippen molar-refractivity contribution in [2.45, 2.75) is 0 Å². The zero-order valence-corrected chi connectivity index (χ0v) is 17.8. The largest absolute Gasteiger partial charge is 0.478 e. The highest BCUT2D eigenvalue weighted by Crippen LogP contribution is 2.24. The van der Waals surface area contributed by atoms with Gasteiger partial charge in [0.2, 0.25) is 0 Å². The van der Waals surface area contributed by atoms with Crippen LogP contribution in [0.4, 0.5) is 0 Å². The fourth-order valence-electron chi connectivity index (χ4n) is 3.39. The summed E-state index contributed by atoms with van der Waals surface area (Å²) < 4.78 is 0. The summed E-state index contributed by atoms with van der Waals surface area (Å²) in [5, 5.41) is 37.7. The number of aromatic carboxylic acids is 4. The molecule has 4 rings (SSSR count). The minimum absolute atomic E-state index is 0.00972. The third kappa shape index (κ3) is 5.25. The van der Waals surface area contributed by atoms with Crippen LogP contribution in [0, 0.1) is 0 Å².